The molecule has 33 heavy (non-hydrogen) atoms. The first kappa shape index (κ1) is 22.7. The fourth-order valence-corrected chi connectivity index (χ4v) is 3.69. The molecular formula is C24H24BClN6O. The minimum absolute atomic E-state index is 0.106. The molecule has 2 aromatic heterocycles. The average molecular weight is 459 g/mol. The molecule has 0 spiro atoms. The molecule has 2 radical (unpaired) electrons. The first-order valence-corrected chi connectivity index (χ1v) is 11.1. The second kappa shape index (κ2) is 10.4. The van der Waals surface area contributed by atoms with E-state index in [1.54, 1.807) is 22.7 Å². The summed E-state index contributed by atoms with van der Waals surface area (Å²) in [6.45, 7) is 1.74. The molecule has 2 N–H and O–H groups in total. The molecule has 0 saturated carbocycles. The van der Waals surface area contributed by atoms with Gasteiger partial charge >= 0.3 is 6.03 Å². The topological polar surface area (TPSA) is 74.6 Å². The van der Waals surface area contributed by atoms with Crippen LogP contribution in [0, 0.1) is 0 Å². The molecule has 7 nitrogen and oxygen atoms in total. The van der Waals surface area contributed by atoms with Crippen molar-refractivity contribution >= 4 is 42.4 Å². The Morgan fingerprint density at radius 3 is 2.70 bits per heavy atom. The molecule has 2 heterocycles. The van der Waals surface area contributed by atoms with Crippen LogP contribution in [0.4, 0.5) is 10.6 Å². The van der Waals surface area contributed by atoms with Crippen molar-refractivity contribution in [2.24, 2.45) is 0 Å². The lowest BCUT2D eigenvalue weighted by Gasteiger charge is -2.18. The van der Waals surface area contributed by atoms with Crippen molar-refractivity contribution in [3.05, 3.63) is 77.4 Å². The number of nitrogens with zero attached hydrogens (tertiary/aromatic N) is 4. The maximum absolute atomic E-state index is 12.3. The molecule has 0 aliphatic rings. The first-order valence-electron chi connectivity index (χ1n) is 10.7. The molecule has 2 amide bonds. The normalized spacial score (nSPS) is 10.8. The summed E-state index contributed by atoms with van der Waals surface area (Å²) in [5.74, 6) is 0.753. The zero-order valence-electron chi connectivity index (χ0n) is 18.3. The zero-order chi connectivity index (χ0) is 23.2. The molecule has 0 fully saturated rings. The number of fused-ring (bicyclic) bond motifs is 1. The fraction of sp³-hybridized carbons (Fsp3) is 0.208. The van der Waals surface area contributed by atoms with E-state index in [-0.39, 0.29) is 6.03 Å². The van der Waals surface area contributed by atoms with Crippen LogP contribution in [-0.2, 0) is 6.54 Å². The van der Waals surface area contributed by atoms with E-state index in [2.05, 4.69) is 20.7 Å². The Morgan fingerprint density at radius 2 is 1.91 bits per heavy atom. The number of benzene rings is 2. The Labute approximate surface area is 199 Å². The fourth-order valence-electron chi connectivity index (χ4n) is 3.46. The summed E-state index contributed by atoms with van der Waals surface area (Å²) in [5.41, 5.74) is 3.64. The third kappa shape index (κ3) is 5.46. The smallest absolute Gasteiger partial charge is 0.317 e. The Bertz CT molecular complexity index is 1250. The number of rotatable bonds is 8. The van der Waals surface area contributed by atoms with Gasteiger partial charge in [0.15, 0.2) is 5.65 Å². The van der Waals surface area contributed by atoms with Crippen LogP contribution in [-0.4, -0.2) is 53.5 Å². The van der Waals surface area contributed by atoms with Gasteiger partial charge in [0, 0.05) is 49.5 Å². The number of nitrogens with one attached hydrogen (secondary N) is 2. The molecule has 4 rings (SSSR count). The van der Waals surface area contributed by atoms with Gasteiger partial charge in [-0.15, -0.1) is 0 Å². The van der Waals surface area contributed by atoms with E-state index >= 15 is 0 Å². The molecule has 9 heteroatoms. The quantitative estimate of drug-likeness (QED) is 0.313. The van der Waals surface area contributed by atoms with E-state index in [4.69, 9.17) is 19.4 Å². The summed E-state index contributed by atoms with van der Waals surface area (Å²) < 4.78 is 1.67. The maximum Gasteiger partial charge on any atom is 0.317 e. The number of anilines is 1. The largest absolute Gasteiger partial charge is 0.370 e. The highest BCUT2D eigenvalue weighted by Gasteiger charge is 2.13. The van der Waals surface area contributed by atoms with Crippen LogP contribution >= 0.6 is 11.6 Å². The summed E-state index contributed by atoms with van der Waals surface area (Å²) in [5, 5.41) is 11.3. The van der Waals surface area contributed by atoms with E-state index in [1.165, 1.54) is 0 Å². The highest BCUT2D eigenvalue weighted by atomic mass is 35.5. The van der Waals surface area contributed by atoms with Crippen molar-refractivity contribution in [2.45, 2.75) is 13.0 Å². The van der Waals surface area contributed by atoms with E-state index in [0.29, 0.717) is 41.5 Å². The predicted octanol–water partition coefficient (Wildman–Crippen LogP) is 3.49. The van der Waals surface area contributed by atoms with Gasteiger partial charge in [-0.1, -0.05) is 60.1 Å². The molecule has 4 aromatic rings. The lowest BCUT2D eigenvalue weighted by atomic mass is 10.0. The number of aromatic nitrogens is 3. The van der Waals surface area contributed by atoms with Gasteiger partial charge in [0.1, 0.15) is 13.7 Å². The van der Waals surface area contributed by atoms with Crippen LogP contribution in [0.15, 0.2) is 66.9 Å². The molecule has 0 unspecified atom stereocenters. The van der Waals surface area contributed by atoms with Crippen LogP contribution in [0.1, 0.15) is 12.0 Å². The highest BCUT2D eigenvalue weighted by Crippen LogP contribution is 2.28. The minimum Gasteiger partial charge on any atom is -0.370 e. The Kier molecular flexibility index (Phi) is 7.15. The molecule has 0 atom stereocenters. The van der Waals surface area contributed by atoms with Gasteiger partial charge in [-0.3, -0.25) is 0 Å². The second-order valence-corrected chi connectivity index (χ2v) is 8.10. The summed E-state index contributed by atoms with van der Waals surface area (Å²) in [7, 11) is 7.86. The SMILES string of the molecule is [B]c1cnn2c(NCCCN(C)C(=O)NCc3ccccc3)cc(-c3ccccc3Cl)nc12. The number of amides is 2. The van der Waals surface area contributed by atoms with Crippen LogP contribution < -0.4 is 16.1 Å². The number of carbonyl (C=O) groups excluding carboxylic acids is 1. The van der Waals surface area contributed by atoms with Gasteiger partial charge in [0.25, 0.3) is 0 Å². The van der Waals surface area contributed by atoms with Crippen molar-refractivity contribution in [2.75, 3.05) is 25.5 Å². The predicted molar refractivity (Wildman–Crippen MR) is 133 cm³/mol. The lowest BCUT2D eigenvalue weighted by molar-refractivity contribution is 0.208. The molecule has 166 valence electrons. The third-order valence-electron chi connectivity index (χ3n) is 5.26. The van der Waals surface area contributed by atoms with Crippen LogP contribution in [0.2, 0.25) is 5.02 Å². The molecule has 2 aromatic carbocycles. The van der Waals surface area contributed by atoms with Gasteiger partial charge < -0.3 is 15.5 Å². The number of halogens is 1. The Morgan fingerprint density at radius 1 is 1.15 bits per heavy atom. The van der Waals surface area contributed by atoms with Crippen molar-refractivity contribution in [1.29, 1.82) is 0 Å². The number of hydrogen-bond donors (Lipinski definition) is 2. The molecular weight excluding hydrogens is 435 g/mol. The van der Waals surface area contributed by atoms with E-state index in [9.17, 15) is 4.79 Å². The summed E-state index contributed by atoms with van der Waals surface area (Å²) >= 11 is 6.37. The van der Waals surface area contributed by atoms with Gasteiger partial charge in [-0.2, -0.15) is 9.61 Å². The molecule has 0 saturated heterocycles. The van der Waals surface area contributed by atoms with Crippen LogP contribution in [0.25, 0.3) is 16.9 Å². The Balaban J connectivity index is 1.37. The second-order valence-electron chi connectivity index (χ2n) is 7.69. The summed E-state index contributed by atoms with van der Waals surface area (Å²) in [4.78, 5) is 18.7. The van der Waals surface area contributed by atoms with Crippen molar-refractivity contribution in [1.82, 2.24) is 24.8 Å². The molecule has 0 bridgehead atoms. The van der Waals surface area contributed by atoms with Crippen LogP contribution in [0.5, 0.6) is 0 Å². The van der Waals surface area contributed by atoms with Crippen molar-refractivity contribution in [3.63, 3.8) is 0 Å². The van der Waals surface area contributed by atoms with Crippen LogP contribution in [0.3, 0.4) is 0 Å². The summed E-state index contributed by atoms with van der Waals surface area (Å²) in [6, 6.07) is 19.2. The monoisotopic (exact) mass is 458 g/mol. The number of carbonyl (C=O) groups is 1. The van der Waals surface area contributed by atoms with Gasteiger partial charge in [-0.25, -0.2) is 9.78 Å². The van der Waals surface area contributed by atoms with E-state index in [1.807, 2.05) is 60.7 Å². The molecule has 0 aliphatic heterocycles. The molecule has 0 aliphatic carbocycles. The third-order valence-corrected chi connectivity index (χ3v) is 5.59. The number of urea groups is 1. The van der Waals surface area contributed by atoms with Crippen molar-refractivity contribution < 1.29 is 4.79 Å². The van der Waals surface area contributed by atoms with Gasteiger partial charge in [-0.05, 0) is 23.5 Å². The van der Waals surface area contributed by atoms with E-state index in [0.717, 1.165) is 23.4 Å². The van der Waals surface area contributed by atoms with Gasteiger partial charge in [0.05, 0.1) is 5.69 Å². The highest BCUT2D eigenvalue weighted by molar-refractivity contribution is 6.36. The standard InChI is InChI=1S/C24H24BClN6O/c1-31(24(33)28-15-17-8-3-2-4-9-17)13-7-12-27-22-14-21(18-10-5-6-11-20(18)26)30-23-19(25)16-29-32(22)23/h2-6,8-11,14,16,27H,7,12-13,15H2,1H3,(H,28,33). The van der Waals surface area contributed by atoms with E-state index < -0.39 is 0 Å². The lowest BCUT2D eigenvalue weighted by Crippen LogP contribution is -2.37. The summed E-state index contributed by atoms with van der Waals surface area (Å²) in [6.07, 6.45) is 2.33. The maximum atomic E-state index is 12.3. The first-order chi connectivity index (χ1) is 16.0. The van der Waals surface area contributed by atoms with Gasteiger partial charge in [0.2, 0.25) is 0 Å². The average Bonchev–Trinajstić information content (AvgIpc) is 3.21. The van der Waals surface area contributed by atoms with Crippen molar-refractivity contribution in [3.8, 4) is 11.3 Å². The minimum atomic E-state index is -0.106. The Hall–Kier alpha value is -3.52. The zero-order valence-corrected chi connectivity index (χ0v) is 19.1. The number of hydrogen-bond acceptors (Lipinski definition) is 4.